The summed E-state index contributed by atoms with van der Waals surface area (Å²) < 4.78 is 0. The van der Waals surface area contributed by atoms with E-state index in [0.717, 1.165) is 16.1 Å². The maximum Gasteiger partial charge on any atom is 0.238 e. The zero-order chi connectivity index (χ0) is 13.5. The Morgan fingerprint density at radius 3 is 2.84 bits per heavy atom. The minimum absolute atomic E-state index is 0.0979. The highest BCUT2D eigenvalue weighted by Crippen LogP contribution is 2.31. The van der Waals surface area contributed by atoms with Crippen molar-refractivity contribution in [2.24, 2.45) is 0 Å². The first kappa shape index (κ1) is 13.3. The molecule has 0 fully saturated rings. The molecule has 0 aliphatic rings. The zero-order valence-corrected chi connectivity index (χ0v) is 11.2. The SMILES string of the molecule is C#CCNCC(=O)Nc1ccccc1-c1cccs1. The molecule has 1 amide bonds. The molecule has 1 aromatic heterocycles. The van der Waals surface area contributed by atoms with Gasteiger partial charge in [0, 0.05) is 16.1 Å². The van der Waals surface area contributed by atoms with Gasteiger partial charge in [-0.15, -0.1) is 17.8 Å². The Balaban J connectivity index is 2.09. The number of carbonyl (C=O) groups excluding carboxylic acids is 1. The van der Waals surface area contributed by atoms with Gasteiger partial charge in [-0.3, -0.25) is 10.1 Å². The second-order valence-corrected chi connectivity index (χ2v) is 4.83. The average Bonchev–Trinajstić information content (AvgIpc) is 2.93. The van der Waals surface area contributed by atoms with E-state index in [-0.39, 0.29) is 12.5 Å². The Hall–Kier alpha value is -2.09. The van der Waals surface area contributed by atoms with Gasteiger partial charge in [-0.25, -0.2) is 0 Å². The molecule has 19 heavy (non-hydrogen) atoms. The third-order valence-corrected chi connectivity index (χ3v) is 3.40. The lowest BCUT2D eigenvalue weighted by Gasteiger charge is -2.09. The van der Waals surface area contributed by atoms with Crippen LogP contribution in [0.3, 0.4) is 0 Å². The fourth-order valence-electron chi connectivity index (χ4n) is 1.68. The molecule has 2 N–H and O–H groups in total. The summed E-state index contributed by atoms with van der Waals surface area (Å²) >= 11 is 1.65. The molecule has 1 aromatic carbocycles. The van der Waals surface area contributed by atoms with Gasteiger partial charge in [0.05, 0.1) is 13.1 Å². The van der Waals surface area contributed by atoms with E-state index in [9.17, 15) is 4.79 Å². The minimum atomic E-state index is -0.0979. The number of amides is 1. The lowest BCUT2D eigenvalue weighted by molar-refractivity contribution is -0.115. The number of anilines is 1. The van der Waals surface area contributed by atoms with Gasteiger partial charge >= 0.3 is 0 Å². The van der Waals surface area contributed by atoms with E-state index in [1.54, 1.807) is 11.3 Å². The van der Waals surface area contributed by atoms with Crippen LogP contribution in [0.1, 0.15) is 0 Å². The fourth-order valence-corrected chi connectivity index (χ4v) is 2.45. The standard InChI is InChI=1S/C15H14N2OS/c1-2-9-16-11-15(18)17-13-7-4-3-6-12(13)14-8-5-10-19-14/h1,3-8,10,16H,9,11H2,(H,17,18). The van der Waals surface area contributed by atoms with Crippen LogP contribution < -0.4 is 10.6 Å². The quantitative estimate of drug-likeness (QED) is 0.647. The lowest BCUT2D eigenvalue weighted by atomic mass is 10.1. The van der Waals surface area contributed by atoms with Crippen LogP contribution in [-0.2, 0) is 4.79 Å². The number of carbonyl (C=O) groups is 1. The maximum absolute atomic E-state index is 11.8. The van der Waals surface area contributed by atoms with E-state index in [1.165, 1.54) is 0 Å². The molecule has 2 rings (SSSR count). The number of benzene rings is 1. The summed E-state index contributed by atoms with van der Waals surface area (Å²) in [4.78, 5) is 12.9. The van der Waals surface area contributed by atoms with Gasteiger partial charge in [0.2, 0.25) is 5.91 Å². The van der Waals surface area contributed by atoms with Crippen LogP contribution in [0.5, 0.6) is 0 Å². The minimum Gasteiger partial charge on any atom is -0.324 e. The Morgan fingerprint density at radius 1 is 1.26 bits per heavy atom. The molecule has 0 atom stereocenters. The molecule has 0 saturated carbocycles. The van der Waals surface area contributed by atoms with E-state index < -0.39 is 0 Å². The number of hydrogen-bond donors (Lipinski definition) is 2. The molecule has 0 aliphatic heterocycles. The molecule has 0 spiro atoms. The number of hydrogen-bond acceptors (Lipinski definition) is 3. The first-order valence-electron chi connectivity index (χ1n) is 5.88. The van der Waals surface area contributed by atoms with Crippen LogP contribution in [0.4, 0.5) is 5.69 Å². The molecule has 1 heterocycles. The molecular weight excluding hydrogens is 256 g/mol. The molecule has 0 bridgehead atoms. The van der Waals surface area contributed by atoms with Crippen molar-refractivity contribution < 1.29 is 4.79 Å². The Kier molecular flexibility index (Phi) is 4.73. The van der Waals surface area contributed by atoms with Crippen LogP contribution >= 0.6 is 11.3 Å². The van der Waals surface area contributed by atoms with Gasteiger partial charge in [0.25, 0.3) is 0 Å². The van der Waals surface area contributed by atoms with Gasteiger partial charge in [0.15, 0.2) is 0 Å². The van der Waals surface area contributed by atoms with Crippen LogP contribution in [-0.4, -0.2) is 19.0 Å². The van der Waals surface area contributed by atoms with Gasteiger partial charge in [0.1, 0.15) is 0 Å². The number of para-hydroxylation sites is 1. The average molecular weight is 270 g/mol. The maximum atomic E-state index is 11.8. The van der Waals surface area contributed by atoms with Gasteiger partial charge < -0.3 is 5.32 Å². The molecule has 96 valence electrons. The van der Waals surface area contributed by atoms with E-state index in [0.29, 0.717) is 6.54 Å². The highest BCUT2D eigenvalue weighted by Gasteiger charge is 2.08. The summed E-state index contributed by atoms with van der Waals surface area (Å²) in [7, 11) is 0. The molecule has 2 aromatic rings. The van der Waals surface area contributed by atoms with E-state index in [2.05, 4.69) is 16.6 Å². The van der Waals surface area contributed by atoms with Crippen molar-refractivity contribution in [1.82, 2.24) is 5.32 Å². The van der Waals surface area contributed by atoms with Crippen molar-refractivity contribution in [3.63, 3.8) is 0 Å². The molecular formula is C15H14N2OS. The van der Waals surface area contributed by atoms with Gasteiger partial charge in [-0.05, 0) is 17.5 Å². The predicted molar refractivity (Wildman–Crippen MR) is 80.1 cm³/mol. The summed E-state index contributed by atoms with van der Waals surface area (Å²) in [6.07, 6.45) is 5.11. The second kappa shape index (κ2) is 6.74. The monoisotopic (exact) mass is 270 g/mol. The largest absolute Gasteiger partial charge is 0.324 e. The fraction of sp³-hybridized carbons (Fsp3) is 0.133. The van der Waals surface area contributed by atoms with Crippen LogP contribution in [0.25, 0.3) is 10.4 Å². The topological polar surface area (TPSA) is 41.1 Å². The summed E-state index contributed by atoms with van der Waals surface area (Å²) in [5, 5.41) is 7.77. The smallest absolute Gasteiger partial charge is 0.238 e. The summed E-state index contributed by atoms with van der Waals surface area (Å²) in [6, 6.07) is 11.8. The Labute approximate surface area is 116 Å². The van der Waals surface area contributed by atoms with Crippen LogP contribution in [0.2, 0.25) is 0 Å². The second-order valence-electron chi connectivity index (χ2n) is 3.88. The number of thiophene rings is 1. The zero-order valence-electron chi connectivity index (χ0n) is 10.3. The number of terminal acetylenes is 1. The van der Waals surface area contributed by atoms with Gasteiger partial charge in [-0.2, -0.15) is 0 Å². The van der Waals surface area contributed by atoms with Crippen molar-refractivity contribution in [3.8, 4) is 22.8 Å². The molecule has 0 unspecified atom stereocenters. The van der Waals surface area contributed by atoms with Crippen LogP contribution in [0.15, 0.2) is 41.8 Å². The Bertz CT molecular complexity index is 584. The molecule has 0 aliphatic carbocycles. The first-order chi connectivity index (χ1) is 9.31. The number of nitrogens with one attached hydrogen (secondary N) is 2. The normalized spacial score (nSPS) is 9.84. The Morgan fingerprint density at radius 2 is 2.11 bits per heavy atom. The van der Waals surface area contributed by atoms with Crippen molar-refractivity contribution >= 4 is 22.9 Å². The van der Waals surface area contributed by atoms with Crippen LogP contribution in [0, 0.1) is 12.3 Å². The van der Waals surface area contributed by atoms with E-state index in [1.807, 2.05) is 41.8 Å². The van der Waals surface area contributed by atoms with Crippen molar-refractivity contribution in [1.29, 1.82) is 0 Å². The van der Waals surface area contributed by atoms with Gasteiger partial charge in [-0.1, -0.05) is 30.2 Å². The first-order valence-corrected chi connectivity index (χ1v) is 6.76. The molecule has 0 radical (unpaired) electrons. The van der Waals surface area contributed by atoms with E-state index >= 15 is 0 Å². The summed E-state index contributed by atoms with van der Waals surface area (Å²) in [5.41, 5.74) is 1.85. The third kappa shape index (κ3) is 3.68. The van der Waals surface area contributed by atoms with E-state index in [4.69, 9.17) is 6.42 Å². The predicted octanol–water partition coefficient (Wildman–Crippen LogP) is 2.58. The summed E-state index contributed by atoms with van der Waals surface area (Å²) in [5.74, 6) is 2.33. The molecule has 0 saturated heterocycles. The molecule has 3 nitrogen and oxygen atoms in total. The molecule has 4 heteroatoms. The summed E-state index contributed by atoms with van der Waals surface area (Å²) in [6.45, 7) is 0.600. The van der Waals surface area contributed by atoms with Crippen molar-refractivity contribution in [3.05, 3.63) is 41.8 Å². The van der Waals surface area contributed by atoms with Crippen molar-refractivity contribution in [2.45, 2.75) is 0 Å². The third-order valence-electron chi connectivity index (χ3n) is 2.50. The van der Waals surface area contributed by atoms with Crippen molar-refractivity contribution in [2.75, 3.05) is 18.4 Å². The number of rotatable bonds is 5. The lowest BCUT2D eigenvalue weighted by Crippen LogP contribution is -2.28. The highest BCUT2D eigenvalue weighted by atomic mass is 32.1. The highest BCUT2D eigenvalue weighted by molar-refractivity contribution is 7.13.